The average molecular weight is 488 g/mol. The second kappa shape index (κ2) is 9.76. The van der Waals surface area contributed by atoms with Crippen LogP contribution < -0.4 is 0 Å². The van der Waals surface area contributed by atoms with Crippen molar-refractivity contribution in [3.8, 4) is 0 Å². The van der Waals surface area contributed by atoms with Gasteiger partial charge in [0.1, 0.15) is 22.6 Å². The van der Waals surface area contributed by atoms with Crippen LogP contribution in [-0.2, 0) is 16.6 Å². The quantitative estimate of drug-likeness (QED) is 0.469. The number of rotatable bonds is 7. The molecule has 4 rings (SSSR count). The molecule has 1 fully saturated rings. The number of nitrogens with one attached hydrogen (secondary N) is 1. The van der Waals surface area contributed by atoms with Crippen LogP contribution in [0.4, 0.5) is 8.78 Å². The van der Waals surface area contributed by atoms with Gasteiger partial charge in [0, 0.05) is 30.8 Å². The van der Waals surface area contributed by atoms with Gasteiger partial charge in [-0.2, -0.15) is 9.40 Å². The first kappa shape index (κ1) is 24.2. The molecule has 3 atom stereocenters. The third-order valence-electron chi connectivity index (χ3n) is 6.51. The number of carbonyl (C=O) groups excluding carboxylic acids is 1. The molecule has 9 heteroatoms. The van der Waals surface area contributed by atoms with Crippen LogP contribution in [0.3, 0.4) is 0 Å². The number of Topliss-reactive ketones (excluding diaryl/α,β-unsaturated/α-hetero) is 1. The van der Waals surface area contributed by atoms with E-state index in [0.29, 0.717) is 24.1 Å². The van der Waals surface area contributed by atoms with E-state index in [2.05, 4.69) is 10.2 Å². The molecule has 0 spiro atoms. The average Bonchev–Trinajstić information content (AvgIpc) is 3.34. The van der Waals surface area contributed by atoms with Gasteiger partial charge in [0.25, 0.3) is 0 Å². The number of halogens is 2. The Bertz CT molecular complexity index is 1260. The minimum Gasteiger partial charge on any atom is -0.292 e. The zero-order valence-corrected chi connectivity index (χ0v) is 19.9. The van der Waals surface area contributed by atoms with Crippen molar-refractivity contribution in [2.24, 2.45) is 0 Å². The van der Waals surface area contributed by atoms with E-state index in [1.165, 1.54) is 16.6 Å². The summed E-state index contributed by atoms with van der Waals surface area (Å²) in [6, 6.07) is 12.3. The lowest BCUT2D eigenvalue weighted by Crippen LogP contribution is -2.44. The molecule has 1 saturated heterocycles. The Morgan fingerprint density at radius 3 is 2.56 bits per heavy atom. The molecule has 2 aromatic carbocycles. The fourth-order valence-electron chi connectivity index (χ4n) is 4.53. The third-order valence-corrected chi connectivity index (χ3v) is 8.88. The second-order valence-electron chi connectivity index (χ2n) is 8.88. The van der Waals surface area contributed by atoms with Crippen LogP contribution in [0.2, 0.25) is 0 Å². The first-order valence-electron chi connectivity index (χ1n) is 11.2. The maximum absolute atomic E-state index is 15.1. The number of H-pyrrole nitrogens is 1. The van der Waals surface area contributed by atoms with Crippen LogP contribution in [0.1, 0.15) is 71.5 Å². The largest absolute Gasteiger partial charge is 0.292 e. The number of sulfonamides is 1. The lowest BCUT2D eigenvalue weighted by atomic mass is 9.93. The molecule has 0 bridgehead atoms. The minimum absolute atomic E-state index is 0.0196. The van der Waals surface area contributed by atoms with Gasteiger partial charge in [0.15, 0.2) is 5.78 Å². The summed E-state index contributed by atoms with van der Waals surface area (Å²) >= 11 is 0. The third kappa shape index (κ3) is 4.81. The van der Waals surface area contributed by atoms with E-state index < -0.39 is 32.8 Å². The zero-order chi connectivity index (χ0) is 24.5. The SMILES string of the molecule is CC(CC(=O)c1ccn[nH]1)c1cc(F)c(CN2[C@H](C)CC[C@@H](c3ccccc3)S2(=O)=O)cc1F. The molecule has 2 heterocycles. The molecule has 0 saturated carbocycles. The van der Waals surface area contributed by atoms with Gasteiger partial charge in [-0.05, 0) is 55.0 Å². The summed E-state index contributed by atoms with van der Waals surface area (Å²) in [5, 5.41) is 5.59. The van der Waals surface area contributed by atoms with E-state index >= 15 is 4.39 Å². The molecule has 0 radical (unpaired) electrons. The number of aromatic amines is 1. The summed E-state index contributed by atoms with van der Waals surface area (Å²) in [7, 11) is -3.77. The van der Waals surface area contributed by atoms with E-state index in [-0.39, 0.29) is 35.9 Å². The van der Waals surface area contributed by atoms with Crippen LogP contribution in [0, 0.1) is 11.6 Å². The summed E-state index contributed by atoms with van der Waals surface area (Å²) in [5.74, 6) is -2.18. The molecule has 1 aliphatic heterocycles. The van der Waals surface area contributed by atoms with Crippen LogP contribution in [-0.4, -0.2) is 34.7 Å². The maximum Gasteiger partial charge on any atom is 0.221 e. The number of aromatic nitrogens is 2. The van der Waals surface area contributed by atoms with Crippen molar-refractivity contribution >= 4 is 15.8 Å². The Hall–Kier alpha value is -2.91. The fraction of sp³-hybridized carbons (Fsp3) is 0.360. The fourth-order valence-corrected chi connectivity index (χ4v) is 6.72. The molecule has 1 N–H and O–H groups in total. The highest BCUT2D eigenvalue weighted by atomic mass is 32.2. The number of carbonyl (C=O) groups is 1. The zero-order valence-electron chi connectivity index (χ0n) is 19.0. The molecule has 34 heavy (non-hydrogen) atoms. The van der Waals surface area contributed by atoms with Crippen LogP contribution in [0.5, 0.6) is 0 Å². The van der Waals surface area contributed by atoms with Gasteiger partial charge in [0.2, 0.25) is 10.0 Å². The van der Waals surface area contributed by atoms with Gasteiger partial charge in [0.05, 0.1) is 0 Å². The summed E-state index contributed by atoms with van der Waals surface area (Å²) < 4.78 is 58.1. The smallest absolute Gasteiger partial charge is 0.221 e. The van der Waals surface area contributed by atoms with Crippen LogP contribution in [0.15, 0.2) is 54.7 Å². The van der Waals surface area contributed by atoms with E-state index in [1.54, 1.807) is 38.1 Å². The van der Waals surface area contributed by atoms with Crippen molar-refractivity contribution in [2.75, 3.05) is 0 Å². The van der Waals surface area contributed by atoms with Crippen molar-refractivity contribution in [2.45, 2.75) is 56.9 Å². The molecule has 1 unspecified atom stereocenters. The van der Waals surface area contributed by atoms with Gasteiger partial charge in [-0.3, -0.25) is 9.89 Å². The summed E-state index contributed by atoms with van der Waals surface area (Å²) in [4.78, 5) is 12.3. The highest BCUT2D eigenvalue weighted by Gasteiger charge is 2.40. The van der Waals surface area contributed by atoms with Gasteiger partial charge < -0.3 is 0 Å². The Labute approximate surface area is 198 Å². The molecule has 1 aromatic heterocycles. The molecule has 3 aromatic rings. The lowest BCUT2D eigenvalue weighted by molar-refractivity contribution is 0.0970. The first-order valence-corrected chi connectivity index (χ1v) is 12.7. The summed E-state index contributed by atoms with van der Waals surface area (Å²) in [5.41, 5.74) is 1.04. The molecule has 0 amide bonds. The van der Waals surface area contributed by atoms with Crippen LogP contribution in [0.25, 0.3) is 0 Å². The maximum atomic E-state index is 15.1. The normalized spacial score (nSPS) is 21.3. The van der Waals surface area contributed by atoms with Crippen molar-refractivity contribution in [3.05, 3.63) is 88.7 Å². The molecule has 0 aliphatic carbocycles. The topological polar surface area (TPSA) is 83.1 Å². The van der Waals surface area contributed by atoms with E-state index in [1.807, 2.05) is 6.07 Å². The Balaban J connectivity index is 1.56. The molecular weight excluding hydrogens is 460 g/mol. The van der Waals surface area contributed by atoms with Gasteiger partial charge in [-0.1, -0.05) is 37.3 Å². The number of benzene rings is 2. The number of ketones is 1. The predicted octanol–water partition coefficient (Wildman–Crippen LogP) is 5.12. The number of hydrogen-bond donors (Lipinski definition) is 1. The summed E-state index contributed by atoms with van der Waals surface area (Å²) in [6.07, 6.45) is 2.52. The van der Waals surface area contributed by atoms with Crippen LogP contribution >= 0.6 is 0 Å². The van der Waals surface area contributed by atoms with Gasteiger partial charge in [-0.15, -0.1) is 0 Å². The highest BCUT2D eigenvalue weighted by Crippen LogP contribution is 2.38. The van der Waals surface area contributed by atoms with Gasteiger partial charge >= 0.3 is 0 Å². The lowest BCUT2D eigenvalue weighted by Gasteiger charge is -2.37. The monoisotopic (exact) mass is 487 g/mol. The van der Waals surface area contributed by atoms with Gasteiger partial charge in [-0.25, -0.2) is 17.2 Å². The van der Waals surface area contributed by atoms with Crippen molar-refractivity contribution < 1.29 is 22.0 Å². The number of nitrogens with zero attached hydrogens (tertiary/aromatic N) is 2. The summed E-state index contributed by atoms with van der Waals surface area (Å²) in [6.45, 7) is 3.18. The van der Waals surface area contributed by atoms with Crippen molar-refractivity contribution in [1.82, 2.24) is 14.5 Å². The molecular formula is C25H27F2N3O3S. The molecule has 1 aliphatic rings. The Morgan fingerprint density at radius 2 is 1.88 bits per heavy atom. The first-order chi connectivity index (χ1) is 16.2. The highest BCUT2D eigenvalue weighted by molar-refractivity contribution is 7.89. The Kier molecular flexibility index (Phi) is 6.95. The molecule has 6 nitrogen and oxygen atoms in total. The number of hydrogen-bond acceptors (Lipinski definition) is 4. The van der Waals surface area contributed by atoms with Crippen molar-refractivity contribution in [1.29, 1.82) is 0 Å². The standard InChI is InChI=1S/C25H27F2N3O3S/c1-16(12-24(31)23-10-11-28-29-23)20-14-21(26)19(13-22(20)27)15-30-17(2)8-9-25(34(30,32)33)18-6-4-3-5-7-18/h3-7,10-11,13-14,16-17,25H,8-9,12,15H2,1-2H3,(H,28,29)/t16?,17-,25+/m1/s1. The minimum atomic E-state index is -3.77. The van der Waals surface area contributed by atoms with E-state index in [4.69, 9.17) is 0 Å². The van der Waals surface area contributed by atoms with Crippen molar-refractivity contribution in [3.63, 3.8) is 0 Å². The molecule has 180 valence electrons. The van der Waals surface area contributed by atoms with E-state index in [0.717, 1.165) is 12.1 Å². The predicted molar refractivity (Wildman–Crippen MR) is 125 cm³/mol. The second-order valence-corrected chi connectivity index (χ2v) is 10.9. The Morgan fingerprint density at radius 1 is 1.15 bits per heavy atom. The van der Waals surface area contributed by atoms with E-state index in [9.17, 15) is 17.6 Å².